The Kier molecular flexibility index (Phi) is 5.27. The van der Waals surface area contributed by atoms with Gasteiger partial charge in [0.1, 0.15) is 12.4 Å². The second kappa shape index (κ2) is 8.33. The summed E-state index contributed by atoms with van der Waals surface area (Å²) in [4.78, 5) is 4.48. The molecule has 0 fully saturated rings. The molecule has 1 N–H and O–H groups in total. The number of nitrogens with zero attached hydrogens (tertiary/aromatic N) is 3. The molecule has 0 aliphatic rings. The van der Waals surface area contributed by atoms with E-state index in [1.165, 1.54) is 0 Å². The normalized spacial score (nSPS) is 10.8. The maximum absolute atomic E-state index is 9.13. The van der Waals surface area contributed by atoms with E-state index in [9.17, 15) is 0 Å². The Morgan fingerprint density at radius 3 is 2.64 bits per heavy atom. The molecule has 6 heteroatoms. The van der Waals surface area contributed by atoms with Crippen molar-refractivity contribution in [2.24, 2.45) is 5.10 Å². The second-order valence-electron chi connectivity index (χ2n) is 5.98. The molecule has 28 heavy (non-hydrogen) atoms. The molecule has 0 radical (unpaired) electrons. The van der Waals surface area contributed by atoms with E-state index in [-0.39, 0.29) is 0 Å². The fraction of sp³-hybridized carbons (Fsp3) is 0.0455. The Morgan fingerprint density at radius 2 is 1.82 bits per heavy atom. The molecule has 0 bridgehead atoms. The maximum atomic E-state index is 9.13. The fourth-order valence-electron chi connectivity index (χ4n) is 2.65. The highest BCUT2D eigenvalue weighted by Crippen LogP contribution is 2.25. The fourth-order valence-corrected chi connectivity index (χ4v) is 3.46. The van der Waals surface area contributed by atoms with E-state index >= 15 is 0 Å². The van der Waals surface area contributed by atoms with Crippen molar-refractivity contribution in [3.05, 3.63) is 89.5 Å². The molecule has 0 atom stereocenters. The SMILES string of the molecule is N#Cc1ccccc1COc1ccc(/C=N/Nc2nc3ccccc3s2)cc1. The summed E-state index contributed by atoms with van der Waals surface area (Å²) in [6, 6.07) is 25.2. The number of para-hydroxylation sites is 1. The van der Waals surface area contributed by atoms with Crippen LogP contribution in [0.5, 0.6) is 5.75 Å². The maximum Gasteiger partial charge on any atom is 0.204 e. The number of nitrogens with one attached hydrogen (secondary N) is 1. The average Bonchev–Trinajstić information content (AvgIpc) is 3.16. The van der Waals surface area contributed by atoms with Gasteiger partial charge < -0.3 is 4.74 Å². The predicted octanol–water partition coefficient (Wildman–Crippen LogP) is 5.19. The molecule has 0 spiro atoms. The van der Waals surface area contributed by atoms with Crippen molar-refractivity contribution < 1.29 is 4.74 Å². The third-order valence-corrected chi connectivity index (χ3v) is 5.02. The van der Waals surface area contributed by atoms with Crippen LogP contribution in [-0.2, 0) is 6.61 Å². The molecule has 0 saturated heterocycles. The molecule has 0 unspecified atom stereocenters. The van der Waals surface area contributed by atoms with E-state index in [0.29, 0.717) is 12.2 Å². The molecular weight excluding hydrogens is 368 g/mol. The number of hydrogen-bond donors (Lipinski definition) is 1. The van der Waals surface area contributed by atoms with Crippen LogP contribution in [0.3, 0.4) is 0 Å². The smallest absolute Gasteiger partial charge is 0.204 e. The highest BCUT2D eigenvalue weighted by molar-refractivity contribution is 7.22. The van der Waals surface area contributed by atoms with Gasteiger partial charge in [0.05, 0.1) is 28.1 Å². The number of benzene rings is 3. The van der Waals surface area contributed by atoms with Gasteiger partial charge in [-0.15, -0.1) is 0 Å². The summed E-state index contributed by atoms with van der Waals surface area (Å²) in [5.41, 5.74) is 6.38. The van der Waals surface area contributed by atoms with Gasteiger partial charge >= 0.3 is 0 Å². The number of nitriles is 1. The van der Waals surface area contributed by atoms with E-state index in [4.69, 9.17) is 10.00 Å². The topological polar surface area (TPSA) is 70.3 Å². The number of thiazole rings is 1. The number of rotatable bonds is 6. The van der Waals surface area contributed by atoms with Crippen molar-refractivity contribution in [1.82, 2.24) is 4.98 Å². The van der Waals surface area contributed by atoms with E-state index in [2.05, 4.69) is 21.6 Å². The standard InChI is InChI=1S/C22H16N4OS/c23-13-17-5-1-2-6-18(17)15-27-19-11-9-16(10-12-19)14-24-26-22-25-20-7-3-4-8-21(20)28-22/h1-12,14H,15H2,(H,25,26)/b24-14+. The van der Waals surface area contributed by atoms with Gasteiger partial charge in [-0.1, -0.05) is 41.7 Å². The number of ether oxygens (including phenoxy) is 1. The van der Waals surface area contributed by atoms with Gasteiger partial charge in [-0.25, -0.2) is 4.98 Å². The summed E-state index contributed by atoms with van der Waals surface area (Å²) in [5, 5.41) is 14.1. The van der Waals surface area contributed by atoms with Crippen LogP contribution in [0, 0.1) is 11.3 Å². The lowest BCUT2D eigenvalue weighted by atomic mass is 10.1. The summed E-state index contributed by atoms with van der Waals surface area (Å²) in [7, 11) is 0. The van der Waals surface area contributed by atoms with E-state index in [1.54, 1.807) is 23.6 Å². The highest BCUT2D eigenvalue weighted by Gasteiger charge is 2.03. The zero-order valence-electron chi connectivity index (χ0n) is 14.9. The summed E-state index contributed by atoms with van der Waals surface area (Å²) in [6.45, 7) is 0.357. The molecular formula is C22H16N4OS. The van der Waals surface area contributed by atoms with Crippen molar-refractivity contribution in [1.29, 1.82) is 5.26 Å². The van der Waals surface area contributed by atoms with Gasteiger partial charge in [-0.3, -0.25) is 5.43 Å². The summed E-state index contributed by atoms with van der Waals surface area (Å²) >= 11 is 1.56. The van der Waals surface area contributed by atoms with Crippen LogP contribution in [0.2, 0.25) is 0 Å². The van der Waals surface area contributed by atoms with Crippen LogP contribution >= 0.6 is 11.3 Å². The summed E-state index contributed by atoms with van der Waals surface area (Å²) in [5.74, 6) is 0.740. The molecule has 4 aromatic rings. The molecule has 136 valence electrons. The first kappa shape index (κ1) is 17.7. The number of hydrazone groups is 1. The Hall–Kier alpha value is -3.69. The first-order chi connectivity index (χ1) is 13.8. The quantitative estimate of drug-likeness (QED) is 0.367. The second-order valence-corrected chi connectivity index (χ2v) is 7.01. The Morgan fingerprint density at radius 1 is 1.04 bits per heavy atom. The Balaban J connectivity index is 1.35. The number of anilines is 1. The van der Waals surface area contributed by atoms with Crippen molar-refractivity contribution in [3.63, 3.8) is 0 Å². The van der Waals surface area contributed by atoms with Crippen molar-refractivity contribution in [3.8, 4) is 11.8 Å². The number of aromatic nitrogens is 1. The molecule has 4 rings (SSSR count). The first-order valence-electron chi connectivity index (χ1n) is 8.67. The lowest BCUT2D eigenvalue weighted by molar-refractivity contribution is 0.306. The van der Waals surface area contributed by atoms with Crippen LogP contribution < -0.4 is 10.2 Å². The van der Waals surface area contributed by atoms with Gasteiger partial charge in [0.25, 0.3) is 0 Å². The molecule has 3 aromatic carbocycles. The minimum atomic E-state index is 0.357. The van der Waals surface area contributed by atoms with Gasteiger partial charge in [0.15, 0.2) is 0 Å². The summed E-state index contributed by atoms with van der Waals surface area (Å²) in [6.07, 6.45) is 1.74. The zero-order valence-corrected chi connectivity index (χ0v) is 15.7. The monoisotopic (exact) mass is 384 g/mol. The lowest BCUT2D eigenvalue weighted by Crippen LogP contribution is -1.98. The molecule has 0 amide bonds. The van der Waals surface area contributed by atoms with Crippen LogP contribution in [0.25, 0.3) is 10.2 Å². The van der Waals surface area contributed by atoms with E-state index < -0.39 is 0 Å². The number of fused-ring (bicyclic) bond motifs is 1. The molecule has 0 saturated carbocycles. The van der Waals surface area contributed by atoms with Crippen LogP contribution in [0.15, 0.2) is 77.9 Å². The van der Waals surface area contributed by atoms with Gasteiger partial charge in [-0.2, -0.15) is 10.4 Å². The van der Waals surface area contributed by atoms with Gasteiger partial charge in [0, 0.05) is 5.56 Å². The average molecular weight is 384 g/mol. The lowest BCUT2D eigenvalue weighted by Gasteiger charge is -2.07. The Bertz CT molecular complexity index is 1130. The zero-order chi connectivity index (χ0) is 19.2. The van der Waals surface area contributed by atoms with E-state index in [1.807, 2.05) is 66.7 Å². The Labute approximate surface area is 166 Å². The largest absolute Gasteiger partial charge is 0.489 e. The molecule has 1 aromatic heterocycles. The third-order valence-electron chi connectivity index (χ3n) is 4.08. The molecule has 1 heterocycles. The van der Waals surface area contributed by atoms with Crippen LogP contribution in [-0.4, -0.2) is 11.2 Å². The van der Waals surface area contributed by atoms with Crippen LogP contribution in [0.4, 0.5) is 5.13 Å². The van der Waals surface area contributed by atoms with Gasteiger partial charge in [0.2, 0.25) is 5.13 Å². The van der Waals surface area contributed by atoms with Crippen molar-refractivity contribution in [2.45, 2.75) is 6.61 Å². The van der Waals surface area contributed by atoms with Gasteiger partial charge in [-0.05, 0) is 48.0 Å². The molecule has 0 aliphatic heterocycles. The molecule has 0 aliphatic carbocycles. The highest BCUT2D eigenvalue weighted by atomic mass is 32.1. The summed E-state index contributed by atoms with van der Waals surface area (Å²) < 4.78 is 6.90. The molecule has 5 nitrogen and oxygen atoms in total. The predicted molar refractivity (Wildman–Crippen MR) is 113 cm³/mol. The van der Waals surface area contributed by atoms with E-state index in [0.717, 1.165) is 32.2 Å². The minimum Gasteiger partial charge on any atom is -0.489 e. The van der Waals surface area contributed by atoms with Crippen molar-refractivity contribution in [2.75, 3.05) is 5.43 Å². The minimum absolute atomic E-state index is 0.357. The van der Waals surface area contributed by atoms with Crippen molar-refractivity contribution >= 4 is 32.9 Å². The first-order valence-corrected chi connectivity index (χ1v) is 9.49. The number of hydrogen-bond acceptors (Lipinski definition) is 6. The third kappa shape index (κ3) is 4.17. The van der Waals surface area contributed by atoms with Crippen LogP contribution in [0.1, 0.15) is 16.7 Å².